The molecule has 6 nitrogen and oxygen atoms in total. The highest BCUT2D eigenvalue weighted by atomic mass is 16.2. The zero-order chi connectivity index (χ0) is 18.3. The van der Waals surface area contributed by atoms with Gasteiger partial charge in [0.1, 0.15) is 0 Å². The summed E-state index contributed by atoms with van der Waals surface area (Å²) in [6, 6.07) is 1.30. The van der Waals surface area contributed by atoms with E-state index in [0.29, 0.717) is 19.1 Å². The Morgan fingerprint density at radius 2 is 1.76 bits per heavy atom. The second kappa shape index (κ2) is 9.41. The molecular weight excluding hydrogens is 314 g/mol. The van der Waals surface area contributed by atoms with Gasteiger partial charge < -0.3 is 20.9 Å². The van der Waals surface area contributed by atoms with Gasteiger partial charge in [-0.3, -0.25) is 9.79 Å². The second-order valence-electron chi connectivity index (χ2n) is 8.06. The van der Waals surface area contributed by atoms with E-state index in [1.807, 2.05) is 20.8 Å². The van der Waals surface area contributed by atoms with Crippen LogP contribution in [-0.4, -0.2) is 62.1 Å². The summed E-state index contributed by atoms with van der Waals surface area (Å²) in [7, 11) is 1.79. The lowest BCUT2D eigenvalue weighted by Crippen LogP contribution is -2.52. The van der Waals surface area contributed by atoms with Crippen molar-refractivity contribution in [1.29, 1.82) is 0 Å². The van der Waals surface area contributed by atoms with Crippen LogP contribution < -0.4 is 16.0 Å². The smallest absolute Gasteiger partial charge is 0.227 e. The monoisotopic (exact) mass is 351 g/mol. The molecule has 2 rings (SSSR count). The summed E-state index contributed by atoms with van der Waals surface area (Å²) in [6.45, 7) is 9.46. The fraction of sp³-hybridized carbons (Fsp3) is 0.895. The van der Waals surface area contributed by atoms with Gasteiger partial charge in [-0.05, 0) is 46.5 Å². The van der Waals surface area contributed by atoms with Gasteiger partial charge in [0, 0.05) is 45.3 Å². The predicted molar refractivity (Wildman–Crippen MR) is 104 cm³/mol. The molecule has 1 amide bonds. The summed E-state index contributed by atoms with van der Waals surface area (Å²) < 4.78 is 0. The Morgan fingerprint density at radius 1 is 1.12 bits per heavy atom. The lowest BCUT2D eigenvalue weighted by molar-refractivity contribution is -0.128. The summed E-state index contributed by atoms with van der Waals surface area (Å²) in [5, 5.41) is 9.76. The van der Waals surface area contributed by atoms with Gasteiger partial charge in [0.2, 0.25) is 5.91 Å². The second-order valence-corrected chi connectivity index (χ2v) is 8.06. The standard InChI is InChI=1S/C19H37N5O/c1-5-21-17(25)19(2,3)14-22-18(20-4)23-15-10-12-24(13-11-15)16-8-6-7-9-16/h15-16H,5-14H2,1-4H3,(H,21,25)(H2,20,22,23). The number of aliphatic imine (C=N–C) groups is 1. The number of nitrogens with one attached hydrogen (secondary N) is 3. The SMILES string of the molecule is CCNC(=O)C(C)(C)CNC(=NC)NC1CCN(C2CCCC2)CC1. The molecule has 0 spiro atoms. The lowest BCUT2D eigenvalue weighted by atomic mass is 9.92. The van der Waals surface area contributed by atoms with Crippen LogP contribution in [0.1, 0.15) is 59.3 Å². The molecule has 0 radical (unpaired) electrons. The van der Waals surface area contributed by atoms with Crippen LogP contribution in [0.4, 0.5) is 0 Å². The Hall–Kier alpha value is -1.30. The Balaban J connectivity index is 1.74. The molecule has 3 N–H and O–H groups in total. The summed E-state index contributed by atoms with van der Waals surface area (Å²) in [5.41, 5.74) is -0.459. The lowest BCUT2D eigenvalue weighted by Gasteiger charge is -2.37. The maximum atomic E-state index is 12.1. The molecule has 0 aromatic heterocycles. The van der Waals surface area contributed by atoms with Crippen molar-refractivity contribution < 1.29 is 4.79 Å². The molecule has 144 valence electrons. The number of amides is 1. The van der Waals surface area contributed by atoms with Gasteiger partial charge in [-0.15, -0.1) is 0 Å². The highest BCUT2D eigenvalue weighted by Gasteiger charge is 2.29. The van der Waals surface area contributed by atoms with Crippen molar-refractivity contribution in [3.8, 4) is 0 Å². The van der Waals surface area contributed by atoms with Gasteiger partial charge in [0.05, 0.1) is 5.41 Å². The van der Waals surface area contributed by atoms with Crippen LogP contribution in [-0.2, 0) is 4.79 Å². The van der Waals surface area contributed by atoms with Crippen molar-refractivity contribution in [3.05, 3.63) is 0 Å². The van der Waals surface area contributed by atoms with Crippen LogP contribution in [0.15, 0.2) is 4.99 Å². The first-order valence-corrected chi connectivity index (χ1v) is 9.96. The largest absolute Gasteiger partial charge is 0.356 e. The highest BCUT2D eigenvalue weighted by Crippen LogP contribution is 2.26. The van der Waals surface area contributed by atoms with E-state index < -0.39 is 5.41 Å². The maximum absolute atomic E-state index is 12.1. The first-order valence-electron chi connectivity index (χ1n) is 9.96. The number of carbonyl (C=O) groups is 1. The molecule has 2 fully saturated rings. The number of carbonyl (C=O) groups excluding carboxylic acids is 1. The minimum atomic E-state index is -0.459. The van der Waals surface area contributed by atoms with Gasteiger partial charge in [0.15, 0.2) is 5.96 Å². The number of hydrogen-bond acceptors (Lipinski definition) is 3. The first kappa shape index (κ1) is 20.0. The van der Waals surface area contributed by atoms with Crippen LogP contribution in [0.3, 0.4) is 0 Å². The third kappa shape index (κ3) is 5.87. The topological polar surface area (TPSA) is 68.8 Å². The van der Waals surface area contributed by atoms with E-state index in [-0.39, 0.29) is 5.91 Å². The van der Waals surface area contributed by atoms with Crippen molar-refractivity contribution in [2.24, 2.45) is 10.4 Å². The molecule has 6 heteroatoms. The number of likely N-dealkylation sites (tertiary alicyclic amines) is 1. The molecular formula is C19H37N5O. The fourth-order valence-corrected chi connectivity index (χ4v) is 3.85. The number of hydrogen-bond donors (Lipinski definition) is 3. The van der Waals surface area contributed by atoms with Crippen molar-refractivity contribution in [3.63, 3.8) is 0 Å². The number of rotatable bonds is 6. The molecule has 1 heterocycles. The van der Waals surface area contributed by atoms with Crippen molar-refractivity contribution in [2.75, 3.05) is 33.2 Å². The molecule has 1 saturated heterocycles. The molecule has 2 aliphatic rings. The predicted octanol–water partition coefficient (Wildman–Crippen LogP) is 1.72. The van der Waals surface area contributed by atoms with E-state index in [1.165, 1.54) is 38.8 Å². The summed E-state index contributed by atoms with van der Waals surface area (Å²) >= 11 is 0. The van der Waals surface area contributed by atoms with E-state index in [2.05, 4.69) is 25.8 Å². The van der Waals surface area contributed by atoms with Crippen LogP contribution in [0.25, 0.3) is 0 Å². The quantitative estimate of drug-likeness (QED) is 0.503. The fourth-order valence-electron chi connectivity index (χ4n) is 3.85. The number of piperidine rings is 1. The Morgan fingerprint density at radius 3 is 2.32 bits per heavy atom. The molecule has 1 aliphatic heterocycles. The molecule has 0 unspecified atom stereocenters. The third-order valence-corrected chi connectivity index (χ3v) is 5.58. The summed E-state index contributed by atoms with van der Waals surface area (Å²) in [5.74, 6) is 0.875. The van der Waals surface area contributed by atoms with Gasteiger partial charge >= 0.3 is 0 Å². The maximum Gasteiger partial charge on any atom is 0.227 e. The van der Waals surface area contributed by atoms with E-state index >= 15 is 0 Å². The normalized spacial score (nSPS) is 21.4. The molecule has 0 bridgehead atoms. The number of nitrogens with zero attached hydrogens (tertiary/aromatic N) is 2. The molecule has 1 aliphatic carbocycles. The minimum absolute atomic E-state index is 0.0721. The molecule has 25 heavy (non-hydrogen) atoms. The zero-order valence-corrected chi connectivity index (χ0v) is 16.5. The molecule has 0 atom stereocenters. The summed E-state index contributed by atoms with van der Waals surface area (Å²) in [4.78, 5) is 19.1. The van der Waals surface area contributed by atoms with Crippen molar-refractivity contribution >= 4 is 11.9 Å². The minimum Gasteiger partial charge on any atom is -0.356 e. The van der Waals surface area contributed by atoms with Crippen molar-refractivity contribution in [2.45, 2.75) is 71.4 Å². The summed E-state index contributed by atoms with van der Waals surface area (Å²) in [6.07, 6.45) is 7.90. The van der Waals surface area contributed by atoms with E-state index in [0.717, 1.165) is 24.8 Å². The zero-order valence-electron chi connectivity index (χ0n) is 16.5. The molecule has 1 saturated carbocycles. The van der Waals surface area contributed by atoms with E-state index in [9.17, 15) is 4.79 Å². The average Bonchev–Trinajstić information content (AvgIpc) is 3.14. The van der Waals surface area contributed by atoms with Crippen LogP contribution in [0, 0.1) is 5.41 Å². The van der Waals surface area contributed by atoms with Crippen LogP contribution in [0.5, 0.6) is 0 Å². The van der Waals surface area contributed by atoms with Gasteiger partial charge in [-0.2, -0.15) is 0 Å². The van der Waals surface area contributed by atoms with Gasteiger partial charge in [-0.25, -0.2) is 0 Å². The van der Waals surface area contributed by atoms with Gasteiger partial charge in [0.25, 0.3) is 0 Å². The Bertz CT molecular complexity index is 449. The van der Waals surface area contributed by atoms with E-state index in [1.54, 1.807) is 7.05 Å². The third-order valence-electron chi connectivity index (χ3n) is 5.58. The van der Waals surface area contributed by atoms with Crippen molar-refractivity contribution in [1.82, 2.24) is 20.9 Å². The average molecular weight is 352 g/mol. The van der Waals surface area contributed by atoms with Gasteiger partial charge in [-0.1, -0.05) is 12.8 Å². The first-order chi connectivity index (χ1) is 12.0. The van der Waals surface area contributed by atoms with Crippen LogP contribution in [0.2, 0.25) is 0 Å². The van der Waals surface area contributed by atoms with Crippen LogP contribution >= 0.6 is 0 Å². The molecule has 0 aromatic rings. The van der Waals surface area contributed by atoms with E-state index in [4.69, 9.17) is 0 Å². The number of guanidine groups is 1. The highest BCUT2D eigenvalue weighted by molar-refractivity contribution is 5.84. The Kier molecular flexibility index (Phi) is 7.54. The Labute approximate surface area is 153 Å². The molecule has 0 aromatic carbocycles.